The predicted molar refractivity (Wildman–Crippen MR) is 72.9 cm³/mol. The maximum atomic E-state index is 13.5. The zero-order valence-corrected chi connectivity index (χ0v) is 11.7. The maximum absolute atomic E-state index is 13.5. The van der Waals surface area contributed by atoms with Crippen LogP contribution in [0.5, 0.6) is 0 Å². The minimum absolute atomic E-state index is 0.253. The van der Waals surface area contributed by atoms with E-state index in [1.807, 2.05) is 0 Å². The molecule has 2 aromatic rings. The van der Waals surface area contributed by atoms with Crippen LogP contribution in [0.3, 0.4) is 0 Å². The lowest BCUT2D eigenvalue weighted by atomic mass is 9.94. The fraction of sp³-hybridized carbons (Fsp3) is 0.462. The van der Waals surface area contributed by atoms with Crippen LogP contribution in [0.2, 0.25) is 0 Å². The molecule has 2 N–H and O–H groups in total. The summed E-state index contributed by atoms with van der Waals surface area (Å²) in [5.41, 5.74) is 1.56. The highest BCUT2D eigenvalue weighted by atomic mass is 79.9. The van der Waals surface area contributed by atoms with Crippen molar-refractivity contribution in [3.05, 3.63) is 28.2 Å². The third kappa shape index (κ3) is 2.17. The molecule has 2 unspecified atom stereocenters. The molecular formula is C13H15BrFN3. The van der Waals surface area contributed by atoms with Gasteiger partial charge in [-0.15, -0.1) is 0 Å². The van der Waals surface area contributed by atoms with Gasteiger partial charge in [-0.05, 0) is 47.3 Å². The maximum Gasteiger partial charge on any atom is 0.139 e. The van der Waals surface area contributed by atoms with E-state index in [0.29, 0.717) is 10.4 Å². The Morgan fingerprint density at radius 3 is 3.06 bits per heavy atom. The Morgan fingerprint density at radius 1 is 1.44 bits per heavy atom. The Hall–Kier alpha value is -0.940. The number of hydrogen-bond acceptors (Lipinski definition) is 2. The van der Waals surface area contributed by atoms with Gasteiger partial charge in [-0.1, -0.05) is 6.92 Å². The Kier molecular flexibility index (Phi) is 3.11. The summed E-state index contributed by atoms with van der Waals surface area (Å²) in [5.74, 6) is 1.35. The molecule has 0 bridgehead atoms. The van der Waals surface area contributed by atoms with Crippen LogP contribution in [0, 0.1) is 11.7 Å². The number of nitrogens with zero attached hydrogens (tertiary/aromatic N) is 1. The standard InChI is InChI=1S/C13H15BrFN3/c1-7-2-3-16-12(4-7)13-17-10-5-8(14)9(15)6-11(10)18-13/h5-7,12,16H,2-4H2,1H3,(H,17,18). The molecule has 2 atom stereocenters. The second-order valence-corrected chi connectivity index (χ2v) is 5.90. The first-order valence-corrected chi connectivity index (χ1v) is 7.01. The fourth-order valence-electron chi connectivity index (χ4n) is 2.51. The van der Waals surface area contributed by atoms with Crippen LogP contribution in [-0.4, -0.2) is 16.5 Å². The highest BCUT2D eigenvalue weighted by Crippen LogP contribution is 2.28. The summed E-state index contributed by atoms with van der Waals surface area (Å²) in [6.45, 7) is 3.27. The molecule has 1 aliphatic heterocycles. The van der Waals surface area contributed by atoms with Crippen molar-refractivity contribution in [2.45, 2.75) is 25.8 Å². The molecule has 1 fully saturated rings. The molecule has 0 amide bonds. The van der Waals surface area contributed by atoms with Crippen LogP contribution in [0.15, 0.2) is 16.6 Å². The predicted octanol–water partition coefficient (Wildman–Crippen LogP) is 3.53. The van der Waals surface area contributed by atoms with Gasteiger partial charge in [0.1, 0.15) is 11.6 Å². The van der Waals surface area contributed by atoms with Crippen molar-refractivity contribution in [3.63, 3.8) is 0 Å². The van der Waals surface area contributed by atoms with E-state index in [0.717, 1.165) is 29.8 Å². The molecular weight excluding hydrogens is 297 g/mol. The van der Waals surface area contributed by atoms with Crippen LogP contribution in [0.1, 0.15) is 31.6 Å². The van der Waals surface area contributed by atoms with Crippen LogP contribution in [0.4, 0.5) is 4.39 Å². The summed E-state index contributed by atoms with van der Waals surface area (Å²) < 4.78 is 13.9. The largest absolute Gasteiger partial charge is 0.341 e. The van der Waals surface area contributed by atoms with E-state index in [9.17, 15) is 4.39 Å². The first kappa shape index (κ1) is 12.1. The number of imidazole rings is 1. The Morgan fingerprint density at radius 2 is 2.28 bits per heavy atom. The van der Waals surface area contributed by atoms with E-state index in [4.69, 9.17) is 0 Å². The van der Waals surface area contributed by atoms with Gasteiger partial charge >= 0.3 is 0 Å². The molecule has 2 heterocycles. The van der Waals surface area contributed by atoms with Crippen molar-refractivity contribution in [2.75, 3.05) is 6.54 Å². The van der Waals surface area contributed by atoms with E-state index in [2.05, 4.69) is 38.1 Å². The van der Waals surface area contributed by atoms with Gasteiger partial charge in [0.05, 0.1) is 21.5 Å². The molecule has 1 aromatic carbocycles. The molecule has 3 nitrogen and oxygen atoms in total. The average molecular weight is 312 g/mol. The second kappa shape index (κ2) is 4.63. The van der Waals surface area contributed by atoms with Gasteiger partial charge in [0.15, 0.2) is 0 Å². The van der Waals surface area contributed by atoms with Crippen LogP contribution in [0.25, 0.3) is 11.0 Å². The Balaban J connectivity index is 1.97. The highest BCUT2D eigenvalue weighted by Gasteiger charge is 2.22. The number of piperidine rings is 1. The summed E-state index contributed by atoms with van der Waals surface area (Å²) in [6.07, 6.45) is 2.28. The number of nitrogens with one attached hydrogen (secondary N) is 2. The van der Waals surface area contributed by atoms with E-state index in [1.54, 1.807) is 6.07 Å². The number of fused-ring (bicyclic) bond motifs is 1. The van der Waals surface area contributed by atoms with Crippen molar-refractivity contribution in [1.29, 1.82) is 0 Å². The SMILES string of the molecule is CC1CCNC(c2nc3cc(Br)c(F)cc3[nH]2)C1. The summed E-state index contributed by atoms with van der Waals surface area (Å²) in [7, 11) is 0. The first-order chi connectivity index (χ1) is 8.63. The van der Waals surface area contributed by atoms with Gasteiger partial charge in [-0.25, -0.2) is 9.37 Å². The minimum Gasteiger partial charge on any atom is -0.341 e. The van der Waals surface area contributed by atoms with Gasteiger partial charge in [0.25, 0.3) is 0 Å². The summed E-state index contributed by atoms with van der Waals surface area (Å²) in [4.78, 5) is 7.78. The lowest BCUT2D eigenvalue weighted by molar-refractivity contribution is 0.317. The van der Waals surface area contributed by atoms with Crippen LogP contribution in [-0.2, 0) is 0 Å². The smallest absolute Gasteiger partial charge is 0.139 e. The van der Waals surface area contributed by atoms with E-state index >= 15 is 0 Å². The van der Waals surface area contributed by atoms with E-state index in [-0.39, 0.29) is 11.9 Å². The number of rotatable bonds is 1. The van der Waals surface area contributed by atoms with Crippen molar-refractivity contribution < 1.29 is 4.39 Å². The van der Waals surface area contributed by atoms with Gasteiger partial charge in [0.2, 0.25) is 0 Å². The van der Waals surface area contributed by atoms with Crippen molar-refractivity contribution >= 4 is 27.0 Å². The van der Waals surface area contributed by atoms with Gasteiger partial charge < -0.3 is 10.3 Å². The van der Waals surface area contributed by atoms with Crippen molar-refractivity contribution in [2.24, 2.45) is 5.92 Å². The van der Waals surface area contributed by atoms with Gasteiger partial charge in [0, 0.05) is 6.07 Å². The van der Waals surface area contributed by atoms with E-state index < -0.39 is 0 Å². The molecule has 1 saturated heterocycles. The quantitative estimate of drug-likeness (QED) is 0.846. The summed E-state index contributed by atoms with van der Waals surface area (Å²) in [6, 6.07) is 3.46. The first-order valence-electron chi connectivity index (χ1n) is 6.21. The Labute approximate surface area is 113 Å². The monoisotopic (exact) mass is 311 g/mol. The third-order valence-electron chi connectivity index (χ3n) is 3.54. The lowest BCUT2D eigenvalue weighted by Gasteiger charge is -2.26. The molecule has 5 heteroatoms. The molecule has 18 heavy (non-hydrogen) atoms. The van der Waals surface area contributed by atoms with Crippen LogP contribution >= 0.6 is 15.9 Å². The van der Waals surface area contributed by atoms with Gasteiger partial charge in [-0.3, -0.25) is 0 Å². The lowest BCUT2D eigenvalue weighted by Crippen LogP contribution is -2.31. The highest BCUT2D eigenvalue weighted by molar-refractivity contribution is 9.10. The molecule has 1 aromatic heterocycles. The molecule has 0 saturated carbocycles. The number of hydrogen-bond donors (Lipinski definition) is 2. The molecule has 0 radical (unpaired) electrons. The van der Waals surface area contributed by atoms with E-state index in [1.165, 1.54) is 12.5 Å². The normalized spacial score (nSPS) is 24.6. The number of H-pyrrole nitrogens is 1. The number of aromatic amines is 1. The third-order valence-corrected chi connectivity index (χ3v) is 4.15. The second-order valence-electron chi connectivity index (χ2n) is 5.04. The molecule has 0 spiro atoms. The molecule has 1 aliphatic rings. The number of aromatic nitrogens is 2. The fourth-order valence-corrected chi connectivity index (χ4v) is 2.84. The summed E-state index contributed by atoms with van der Waals surface area (Å²) >= 11 is 3.19. The Bertz CT molecular complexity index is 542. The number of halogens is 2. The topological polar surface area (TPSA) is 40.7 Å². The zero-order valence-electron chi connectivity index (χ0n) is 10.1. The minimum atomic E-state index is -0.261. The average Bonchev–Trinajstić information content (AvgIpc) is 2.73. The molecule has 3 rings (SSSR count). The molecule has 0 aliphatic carbocycles. The number of benzene rings is 1. The van der Waals surface area contributed by atoms with Crippen molar-refractivity contribution in [1.82, 2.24) is 15.3 Å². The van der Waals surface area contributed by atoms with Crippen molar-refractivity contribution in [3.8, 4) is 0 Å². The molecule has 96 valence electrons. The zero-order chi connectivity index (χ0) is 12.7. The van der Waals surface area contributed by atoms with Crippen LogP contribution < -0.4 is 5.32 Å². The van der Waals surface area contributed by atoms with Gasteiger partial charge in [-0.2, -0.15) is 0 Å². The summed E-state index contributed by atoms with van der Waals surface area (Å²) in [5, 5.41) is 3.46.